The van der Waals surface area contributed by atoms with Crippen LogP contribution in [-0.2, 0) is 29.5 Å². The Bertz CT molecular complexity index is 1250. The fraction of sp³-hybridized carbons (Fsp3) is 0.208. The fourth-order valence-corrected chi connectivity index (χ4v) is 5.16. The number of nitrogens with one attached hydrogen (secondary N) is 1. The third-order valence-electron chi connectivity index (χ3n) is 5.43. The van der Waals surface area contributed by atoms with Crippen molar-refractivity contribution in [2.45, 2.75) is 31.0 Å². The third kappa shape index (κ3) is 5.37. The van der Waals surface area contributed by atoms with E-state index in [9.17, 15) is 22.0 Å². The molecule has 0 spiro atoms. The Labute approximate surface area is 190 Å². The molecule has 0 aromatic heterocycles. The molecule has 0 unspecified atom stereocenters. The molecular formula is C24H22F2N2O4S. The Morgan fingerprint density at radius 3 is 2.45 bits per heavy atom. The minimum Gasteiger partial charge on any atom is -0.435 e. The molecule has 33 heavy (non-hydrogen) atoms. The molecule has 0 bridgehead atoms. The second kappa shape index (κ2) is 9.68. The molecule has 1 aliphatic heterocycles. The zero-order valence-electron chi connectivity index (χ0n) is 17.6. The lowest BCUT2D eigenvalue weighted by atomic mass is 10.0. The first-order valence-corrected chi connectivity index (χ1v) is 11.8. The largest absolute Gasteiger partial charge is 0.435 e. The number of hydrogen-bond donors (Lipinski definition) is 1. The summed E-state index contributed by atoms with van der Waals surface area (Å²) in [5.74, 6) is -0.415. The van der Waals surface area contributed by atoms with Gasteiger partial charge in [0.15, 0.2) is 0 Å². The zero-order chi connectivity index (χ0) is 23.4. The molecule has 9 heteroatoms. The van der Waals surface area contributed by atoms with Crippen LogP contribution in [0.5, 0.6) is 5.75 Å². The van der Waals surface area contributed by atoms with Crippen LogP contribution in [0.3, 0.4) is 0 Å². The van der Waals surface area contributed by atoms with Gasteiger partial charge >= 0.3 is 6.61 Å². The Morgan fingerprint density at radius 2 is 1.73 bits per heavy atom. The van der Waals surface area contributed by atoms with Crippen LogP contribution in [0.1, 0.15) is 27.0 Å². The Kier molecular flexibility index (Phi) is 6.71. The number of rotatable bonds is 7. The number of carbonyl (C=O) groups excluding carboxylic acids is 1. The molecule has 1 aliphatic rings. The van der Waals surface area contributed by atoms with Crippen molar-refractivity contribution < 1.29 is 26.7 Å². The van der Waals surface area contributed by atoms with E-state index in [2.05, 4.69) is 10.1 Å². The van der Waals surface area contributed by atoms with Crippen LogP contribution in [0.15, 0.2) is 77.7 Å². The lowest BCUT2D eigenvalue weighted by Crippen LogP contribution is -2.36. The van der Waals surface area contributed by atoms with E-state index in [-0.39, 0.29) is 22.8 Å². The third-order valence-corrected chi connectivity index (χ3v) is 7.27. The summed E-state index contributed by atoms with van der Waals surface area (Å²) in [6.07, 6.45) is 0.636. The SMILES string of the molecule is O=C(NCc1ccc(OC(F)F)cc1)c1cccc(S(=O)(=O)N2CCc3ccccc3C2)c1. The van der Waals surface area contributed by atoms with E-state index in [1.54, 1.807) is 18.2 Å². The molecule has 6 nitrogen and oxygen atoms in total. The number of benzene rings is 3. The highest BCUT2D eigenvalue weighted by molar-refractivity contribution is 7.89. The summed E-state index contributed by atoms with van der Waals surface area (Å²) in [6.45, 7) is -2.09. The lowest BCUT2D eigenvalue weighted by Gasteiger charge is -2.28. The molecule has 172 valence electrons. The van der Waals surface area contributed by atoms with Gasteiger partial charge in [0.1, 0.15) is 5.75 Å². The van der Waals surface area contributed by atoms with Crippen LogP contribution in [0.2, 0.25) is 0 Å². The van der Waals surface area contributed by atoms with Crippen molar-refractivity contribution in [3.8, 4) is 5.75 Å². The predicted molar refractivity (Wildman–Crippen MR) is 118 cm³/mol. The van der Waals surface area contributed by atoms with E-state index in [4.69, 9.17) is 0 Å². The van der Waals surface area contributed by atoms with Gasteiger partial charge in [0, 0.05) is 25.2 Å². The molecule has 0 aliphatic carbocycles. The molecule has 0 saturated heterocycles. The second-order valence-electron chi connectivity index (χ2n) is 7.59. The van der Waals surface area contributed by atoms with Crippen molar-refractivity contribution in [2.24, 2.45) is 0 Å². The smallest absolute Gasteiger partial charge is 0.387 e. The summed E-state index contributed by atoms with van der Waals surface area (Å²) in [6, 6.07) is 19.6. The van der Waals surface area contributed by atoms with Crippen LogP contribution in [-0.4, -0.2) is 31.8 Å². The van der Waals surface area contributed by atoms with Gasteiger partial charge in [-0.05, 0) is 53.4 Å². The Balaban J connectivity index is 1.43. The maximum atomic E-state index is 13.2. The summed E-state index contributed by atoms with van der Waals surface area (Å²) in [4.78, 5) is 12.7. The minimum atomic E-state index is -3.76. The van der Waals surface area contributed by atoms with Crippen molar-refractivity contribution in [1.82, 2.24) is 9.62 Å². The van der Waals surface area contributed by atoms with Gasteiger partial charge in [0.2, 0.25) is 10.0 Å². The molecule has 0 saturated carbocycles. The van der Waals surface area contributed by atoms with E-state index < -0.39 is 22.5 Å². The maximum Gasteiger partial charge on any atom is 0.387 e. The van der Waals surface area contributed by atoms with Gasteiger partial charge in [-0.1, -0.05) is 42.5 Å². The predicted octanol–water partition coefficient (Wildman–Crippen LogP) is 3.97. The molecule has 1 N–H and O–H groups in total. The number of alkyl halides is 2. The Hall–Kier alpha value is -3.30. The molecule has 3 aromatic rings. The van der Waals surface area contributed by atoms with Crippen LogP contribution in [0, 0.1) is 0 Å². The number of hydrogen-bond acceptors (Lipinski definition) is 4. The number of amides is 1. The summed E-state index contributed by atoms with van der Waals surface area (Å²) in [5.41, 5.74) is 3.02. The Morgan fingerprint density at radius 1 is 1.00 bits per heavy atom. The molecule has 1 amide bonds. The monoisotopic (exact) mass is 472 g/mol. The second-order valence-corrected chi connectivity index (χ2v) is 9.53. The number of ether oxygens (including phenoxy) is 1. The van der Waals surface area contributed by atoms with Gasteiger partial charge in [-0.2, -0.15) is 13.1 Å². The highest BCUT2D eigenvalue weighted by atomic mass is 32.2. The number of carbonyl (C=O) groups is 1. The molecule has 0 radical (unpaired) electrons. The highest BCUT2D eigenvalue weighted by Crippen LogP contribution is 2.25. The van der Waals surface area contributed by atoms with Gasteiger partial charge in [-0.15, -0.1) is 0 Å². The van der Waals surface area contributed by atoms with Crippen molar-refractivity contribution in [2.75, 3.05) is 6.54 Å². The van der Waals surface area contributed by atoms with Gasteiger partial charge in [-0.3, -0.25) is 4.79 Å². The van der Waals surface area contributed by atoms with Crippen molar-refractivity contribution in [1.29, 1.82) is 0 Å². The summed E-state index contributed by atoms with van der Waals surface area (Å²) in [7, 11) is -3.76. The van der Waals surface area contributed by atoms with Gasteiger partial charge < -0.3 is 10.1 Å². The first-order chi connectivity index (χ1) is 15.8. The molecule has 0 atom stereocenters. The normalized spacial score (nSPS) is 14.0. The quantitative estimate of drug-likeness (QED) is 0.565. The van der Waals surface area contributed by atoms with Crippen LogP contribution in [0.4, 0.5) is 8.78 Å². The molecular weight excluding hydrogens is 450 g/mol. The average Bonchev–Trinajstić information content (AvgIpc) is 2.83. The summed E-state index contributed by atoms with van der Waals surface area (Å²) in [5, 5.41) is 2.71. The zero-order valence-corrected chi connectivity index (χ0v) is 18.4. The number of fused-ring (bicyclic) bond motifs is 1. The van der Waals surface area contributed by atoms with Gasteiger partial charge in [0.05, 0.1) is 4.90 Å². The van der Waals surface area contributed by atoms with E-state index >= 15 is 0 Å². The van der Waals surface area contributed by atoms with Gasteiger partial charge in [0.25, 0.3) is 5.91 Å². The average molecular weight is 473 g/mol. The van der Waals surface area contributed by atoms with Crippen LogP contribution >= 0.6 is 0 Å². The number of halogens is 2. The molecule has 4 rings (SSSR count). The molecule has 1 heterocycles. The van der Waals surface area contributed by atoms with Crippen LogP contribution < -0.4 is 10.1 Å². The van der Waals surface area contributed by atoms with Crippen molar-refractivity contribution in [3.05, 3.63) is 95.1 Å². The van der Waals surface area contributed by atoms with Crippen LogP contribution in [0.25, 0.3) is 0 Å². The van der Waals surface area contributed by atoms with E-state index in [1.165, 1.54) is 34.6 Å². The van der Waals surface area contributed by atoms with E-state index in [0.717, 1.165) is 11.1 Å². The fourth-order valence-electron chi connectivity index (χ4n) is 3.70. The first-order valence-electron chi connectivity index (χ1n) is 10.3. The first kappa shape index (κ1) is 22.9. The lowest BCUT2D eigenvalue weighted by molar-refractivity contribution is -0.0498. The van der Waals surface area contributed by atoms with Crippen molar-refractivity contribution in [3.63, 3.8) is 0 Å². The highest BCUT2D eigenvalue weighted by Gasteiger charge is 2.28. The number of nitrogens with zero attached hydrogens (tertiary/aromatic N) is 1. The summed E-state index contributed by atoms with van der Waals surface area (Å²) < 4.78 is 56.6. The standard InChI is InChI=1S/C24H22F2N2O4S/c25-24(26)32-21-10-8-17(9-11-21)15-27-23(29)19-6-3-7-22(14-19)33(30,31)28-13-12-18-4-1-2-5-20(18)16-28/h1-11,14,24H,12-13,15-16H2,(H,27,29). The van der Waals surface area contributed by atoms with Crippen molar-refractivity contribution >= 4 is 15.9 Å². The van der Waals surface area contributed by atoms with E-state index in [1.807, 2.05) is 24.3 Å². The maximum absolute atomic E-state index is 13.2. The van der Waals surface area contributed by atoms with E-state index in [0.29, 0.717) is 25.1 Å². The summed E-state index contributed by atoms with van der Waals surface area (Å²) >= 11 is 0. The molecule has 3 aromatic carbocycles. The topological polar surface area (TPSA) is 75.7 Å². The van der Waals surface area contributed by atoms with Gasteiger partial charge in [-0.25, -0.2) is 8.42 Å². The minimum absolute atomic E-state index is 0.0262. The number of sulfonamides is 1. The molecule has 0 fully saturated rings.